The molecule has 0 radical (unpaired) electrons. The van der Waals surface area contributed by atoms with Crippen LogP contribution < -0.4 is 14.8 Å². The lowest BCUT2D eigenvalue weighted by Crippen LogP contribution is -2.14. The molecule has 0 unspecified atom stereocenters. The van der Waals surface area contributed by atoms with Gasteiger partial charge >= 0.3 is 0 Å². The Kier molecular flexibility index (Phi) is 8.75. The van der Waals surface area contributed by atoms with E-state index in [1.807, 2.05) is 56.3 Å². The van der Waals surface area contributed by atoms with E-state index < -0.39 is 0 Å². The SMILES string of the molecule is CCOc1cc(C=Nc2sc3c(c2C(=O)Nc2ccc(C)cc2)CCCCCC3)ccc1OCC#N. The molecule has 1 aliphatic rings. The van der Waals surface area contributed by atoms with Crippen molar-refractivity contribution in [2.24, 2.45) is 4.99 Å². The van der Waals surface area contributed by atoms with Crippen molar-refractivity contribution in [3.05, 3.63) is 69.6 Å². The third kappa shape index (κ3) is 6.32. The number of hydrogen-bond acceptors (Lipinski definition) is 6. The van der Waals surface area contributed by atoms with Crippen LogP contribution in [0.3, 0.4) is 0 Å². The Bertz CT molecular complexity index is 1270. The molecule has 0 bridgehead atoms. The number of aryl methyl sites for hydroxylation is 2. The number of amides is 1. The molecule has 0 aliphatic heterocycles. The lowest BCUT2D eigenvalue weighted by Gasteiger charge is -2.12. The van der Waals surface area contributed by atoms with Crippen molar-refractivity contribution < 1.29 is 14.3 Å². The standard InChI is InChI=1S/C29H31N3O3S/c1-3-34-25-18-21(12-15-24(25)35-17-16-30)19-31-29-27(23-8-6-4-5-7-9-26(23)36-29)28(33)32-22-13-10-20(2)11-14-22/h10-15,18-19H,3-9,17H2,1-2H3,(H,32,33). The smallest absolute Gasteiger partial charge is 0.259 e. The van der Waals surface area contributed by atoms with Crippen LogP contribution in [0, 0.1) is 18.3 Å². The fourth-order valence-corrected chi connectivity index (χ4v) is 5.53. The van der Waals surface area contributed by atoms with E-state index in [9.17, 15) is 4.79 Å². The van der Waals surface area contributed by atoms with E-state index in [-0.39, 0.29) is 12.5 Å². The Morgan fingerprint density at radius 1 is 1.08 bits per heavy atom. The molecule has 0 atom stereocenters. The quantitative estimate of drug-likeness (QED) is 0.336. The maximum absolute atomic E-state index is 13.5. The topological polar surface area (TPSA) is 83.7 Å². The lowest BCUT2D eigenvalue weighted by atomic mass is 9.96. The van der Waals surface area contributed by atoms with Gasteiger partial charge < -0.3 is 14.8 Å². The largest absolute Gasteiger partial charge is 0.490 e. The number of benzene rings is 2. The van der Waals surface area contributed by atoms with Crippen molar-refractivity contribution in [1.82, 2.24) is 0 Å². The second-order valence-corrected chi connectivity index (χ2v) is 9.85. The minimum Gasteiger partial charge on any atom is -0.490 e. The number of rotatable bonds is 8. The third-order valence-electron chi connectivity index (χ3n) is 6.08. The average Bonchev–Trinajstić information content (AvgIpc) is 3.20. The van der Waals surface area contributed by atoms with Crippen molar-refractivity contribution in [2.45, 2.75) is 52.4 Å². The third-order valence-corrected chi connectivity index (χ3v) is 7.28. The predicted molar refractivity (Wildman–Crippen MR) is 145 cm³/mol. The Morgan fingerprint density at radius 3 is 2.61 bits per heavy atom. The van der Waals surface area contributed by atoms with Crippen LogP contribution in [0.1, 0.15) is 64.5 Å². The first-order valence-corrected chi connectivity index (χ1v) is 13.2. The van der Waals surface area contributed by atoms with Crippen LogP contribution in [0.5, 0.6) is 11.5 Å². The Labute approximate surface area is 216 Å². The zero-order valence-corrected chi connectivity index (χ0v) is 21.6. The Balaban J connectivity index is 1.66. The first-order chi connectivity index (χ1) is 17.6. The van der Waals surface area contributed by atoms with Gasteiger partial charge in [0.1, 0.15) is 11.1 Å². The molecule has 0 saturated heterocycles. The zero-order valence-electron chi connectivity index (χ0n) is 20.8. The number of ether oxygens (including phenoxy) is 2. The number of aliphatic imine (C=N–C) groups is 1. The van der Waals surface area contributed by atoms with Crippen molar-refractivity contribution in [3.8, 4) is 17.6 Å². The summed E-state index contributed by atoms with van der Waals surface area (Å²) < 4.78 is 11.2. The highest BCUT2D eigenvalue weighted by atomic mass is 32.1. The minimum atomic E-state index is -0.112. The second-order valence-electron chi connectivity index (χ2n) is 8.76. The summed E-state index contributed by atoms with van der Waals surface area (Å²) >= 11 is 1.62. The molecule has 1 N–H and O–H groups in total. The van der Waals surface area contributed by atoms with Gasteiger partial charge in [0.2, 0.25) is 0 Å². The van der Waals surface area contributed by atoms with Gasteiger partial charge in [0.25, 0.3) is 5.91 Å². The van der Waals surface area contributed by atoms with Gasteiger partial charge in [-0.2, -0.15) is 5.26 Å². The van der Waals surface area contributed by atoms with E-state index in [1.165, 1.54) is 17.7 Å². The molecule has 1 amide bonds. The van der Waals surface area contributed by atoms with Crippen LogP contribution in [-0.4, -0.2) is 25.3 Å². The molecule has 186 valence electrons. The van der Waals surface area contributed by atoms with E-state index in [4.69, 9.17) is 19.7 Å². The monoisotopic (exact) mass is 501 g/mol. The lowest BCUT2D eigenvalue weighted by molar-refractivity contribution is 0.102. The molecule has 2 aromatic carbocycles. The van der Waals surface area contributed by atoms with Crippen LogP contribution in [0.25, 0.3) is 0 Å². The second kappa shape index (κ2) is 12.4. The van der Waals surface area contributed by atoms with Gasteiger partial charge in [-0.05, 0) is 81.0 Å². The number of carbonyl (C=O) groups is 1. The van der Waals surface area contributed by atoms with E-state index in [0.717, 1.165) is 53.1 Å². The van der Waals surface area contributed by atoms with E-state index in [1.54, 1.807) is 23.6 Å². The molecule has 0 saturated carbocycles. The fourth-order valence-electron chi connectivity index (χ4n) is 4.30. The average molecular weight is 502 g/mol. The van der Waals surface area contributed by atoms with E-state index in [0.29, 0.717) is 23.7 Å². The summed E-state index contributed by atoms with van der Waals surface area (Å²) in [5.74, 6) is 0.972. The number of nitriles is 1. The van der Waals surface area contributed by atoms with Gasteiger partial charge in [-0.15, -0.1) is 11.3 Å². The molecule has 3 aromatic rings. The highest BCUT2D eigenvalue weighted by Crippen LogP contribution is 2.39. The maximum atomic E-state index is 13.5. The summed E-state index contributed by atoms with van der Waals surface area (Å²) in [7, 11) is 0. The molecule has 1 heterocycles. The molecule has 6 nitrogen and oxygen atoms in total. The molecule has 1 aliphatic carbocycles. The summed E-state index contributed by atoms with van der Waals surface area (Å²) in [6.07, 6.45) is 8.28. The highest BCUT2D eigenvalue weighted by Gasteiger charge is 2.24. The molecule has 0 spiro atoms. The maximum Gasteiger partial charge on any atom is 0.259 e. The minimum absolute atomic E-state index is 0.0479. The summed E-state index contributed by atoms with van der Waals surface area (Å²) in [6.45, 7) is 4.35. The number of thiophene rings is 1. The van der Waals surface area contributed by atoms with Gasteiger partial charge in [-0.3, -0.25) is 4.79 Å². The number of nitrogens with zero attached hydrogens (tertiary/aromatic N) is 2. The van der Waals surface area contributed by atoms with Crippen molar-refractivity contribution >= 4 is 34.1 Å². The van der Waals surface area contributed by atoms with E-state index in [2.05, 4.69) is 5.32 Å². The summed E-state index contributed by atoms with van der Waals surface area (Å²) in [5, 5.41) is 12.6. The molecular weight excluding hydrogens is 470 g/mol. The summed E-state index contributed by atoms with van der Waals surface area (Å²) in [4.78, 5) is 19.6. The first kappa shape index (κ1) is 25.5. The number of carbonyl (C=O) groups excluding carboxylic acids is 1. The van der Waals surface area contributed by atoms with Gasteiger partial charge in [0.05, 0.1) is 12.2 Å². The molecule has 1 aromatic heterocycles. The predicted octanol–water partition coefficient (Wildman–Crippen LogP) is 7.02. The first-order valence-electron chi connectivity index (χ1n) is 12.4. The Morgan fingerprint density at radius 2 is 1.86 bits per heavy atom. The number of hydrogen-bond donors (Lipinski definition) is 1. The summed E-state index contributed by atoms with van der Waals surface area (Å²) in [6, 6.07) is 15.3. The number of anilines is 1. The van der Waals surface area contributed by atoms with Gasteiger partial charge in [0.15, 0.2) is 18.1 Å². The van der Waals surface area contributed by atoms with Gasteiger partial charge in [-0.25, -0.2) is 4.99 Å². The van der Waals surface area contributed by atoms with Crippen molar-refractivity contribution in [1.29, 1.82) is 5.26 Å². The molecule has 7 heteroatoms. The molecular formula is C29H31N3O3S. The number of nitrogens with one attached hydrogen (secondary N) is 1. The van der Waals surface area contributed by atoms with Crippen LogP contribution in [0.2, 0.25) is 0 Å². The van der Waals surface area contributed by atoms with E-state index >= 15 is 0 Å². The normalized spacial score (nSPS) is 13.4. The number of fused-ring (bicyclic) bond motifs is 1. The molecule has 0 fully saturated rings. The van der Waals surface area contributed by atoms with Crippen LogP contribution in [-0.2, 0) is 12.8 Å². The fraction of sp³-hybridized carbons (Fsp3) is 0.345. The van der Waals surface area contributed by atoms with Crippen LogP contribution in [0.15, 0.2) is 47.5 Å². The molecule has 4 rings (SSSR count). The summed E-state index contributed by atoms with van der Waals surface area (Å²) in [5.41, 5.74) is 4.59. The Hall–Kier alpha value is -3.63. The zero-order chi connectivity index (χ0) is 25.3. The van der Waals surface area contributed by atoms with Gasteiger partial charge in [-0.1, -0.05) is 30.5 Å². The van der Waals surface area contributed by atoms with Crippen molar-refractivity contribution in [3.63, 3.8) is 0 Å². The van der Waals surface area contributed by atoms with Crippen LogP contribution >= 0.6 is 11.3 Å². The van der Waals surface area contributed by atoms with Gasteiger partial charge in [0, 0.05) is 16.8 Å². The van der Waals surface area contributed by atoms with Crippen LogP contribution in [0.4, 0.5) is 10.7 Å². The highest BCUT2D eigenvalue weighted by molar-refractivity contribution is 7.16. The van der Waals surface area contributed by atoms with Crippen molar-refractivity contribution in [2.75, 3.05) is 18.5 Å². The molecule has 36 heavy (non-hydrogen) atoms.